The van der Waals surface area contributed by atoms with Crippen LogP contribution in [0, 0.1) is 0 Å². The van der Waals surface area contributed by atoms with Gasteiger partial charge in [-0.1, -0.05) is 35.9 Å². The second-order valence-electron chi connectivity index (χ2n) is 6.37. The normalized spacial score (nSPS) is 14.7. The van der Waals surface area contributed by atoms with Crippen molar-refractivity contribution in [1.29, 1.82) is 0 Å². The van der Waals surface area contributed by atoms with Crippen molar-refractivity contribution in [3.8, 4) is 0 Å². The molecule has 0 saturated carbocycles. The molecule has 2 aromatic carbocycles. The first kappa shape index (κ1) is 20.0. The number of aryl methyl sites for hydroxylation is 1. The summed E-state index contributed by atoms with van der Waals surface area (Å²) in [5.74, 6) is -0.268. The summed E-state index contributed by atoms with van der Waals surface area (Å²) in [5.41, 5.74) is 2.27. The lowest BCUT2D eigenvalue weighted by atomic mass is 10.0. The van der Waals surface area contributed by atoms with Gasteiger partial charge in [-0.15, -0.1) is 0 Å². The van der Waals surface area contributed by atoms with Crippen LogP contribution in [-0.2, 0) is 32.2 Å². The molecule has 0 atom stereocenters. The summed E-state index contributed by atoms with van der Waals surface area (Å²) in [6.45, 7) is 2.00. The number of hydrogen-bond acceptors (Lipinski definition) is 4. The number of benzene rings is 2. The molecule has 1 aliphatic heterocycles. The van der Waals surface area contributed by atoms with E-state index in [1.807, 2.05) is 0 Å². The van der Waals surface area contributed by atoms with E-state index in [0.29, 0.717) is 28.5 Å². The Labute approximate surface area is 165 Å². The van der Waals surface area contributed by atoms with Gasteiger partial charge in [0.25, 0.3) is 0 Å². The van der Waals surface area contributed by atoms with Crippen molar-refractivity contribution in [3.05, 3.63) is 58.6 Å². The van der Waals surface area contributed by atoms with E-state index in [9.17, 15) is 16.8 Å². The van der Waals surface area contributed by atoms with Crippen LogP contribution in [0.4, 0.5) is 11.4 Å². The summed E-state index contributed by atoms with van der Waals surface area (Å²) in [6, 6.07) is 11.8. The molecule has 3 rings (SSSR count). The van der Waals surface area contributed by atoms with Crippen LogP contribution in [0.25, 0.3) is 0 Å². The Kier molecular flexibility index (Phi) is 5.69. The van der Waals surface area contributed by atoms with Gasteiger partial charge in [0, 0.05) is 11.6 Å². The average Bonchev–Trinajstić information content (AvgIpc) is 2.62. The fourth-order valence-corrected chi connectivity index (χ4v) is 5.77. The third-order valence-corrected chi connectivity index (χ3v) is 7.83. The second kappa shape index (κ2) is 7.69. The highest BCUT2D eigenvalue weighted by atomic mass is 35.5. The molecule has 2 aromatic rings. The van der Waals surface area contributed by atoms with Gasteiger partial charge in [-0.3, -0.25) is 9.03 Å². The Morgan fingerprint density at radius 1 is 1.11 bits per heavy atom. The van der Waals surface area contributed by atoms with Crippen LogP contribution in [0.2, 0.25) is 5.02 Å². The number of nitrogens with zero attached hydrogens (tertiary/aromatic N) is 1. The first-order chi connectivity index (χ1) is 12.7. The minimum absolute atomic E-state index is 0.00506. The summed E-state index contributed by atoms with van der Waals surface area (Å²) in [5, 5.41) is 0.383. The van der Waals surface area contributed by atoms with E-state index in [1.165, 1.54) is 4.31 Å². The molecule has 6 nitrogen and oxygen atoms in total. The number of halogens is 1. The second-order valence-corrected chi connectivity index (χ2v) is 10.7. The van der Waals surface area contributed by atoms with E-state index in [2.05, 4.69) is 4.72 Å². The van der Waals surface area contributed by atoms with Crippen molar-refractivity contribution in [3.63, 3.8) is 0 Å². The lowest BCUT2D eigenvalue weighted by Crippen LogP contribution is -2.36. The third kappa shape index (κ3) is 4.56. The molecule has 146 valence electrons. The number of nitrogens with one attached hydrogen (secondary N) is 1. The molecular formula is C18H21ClN2O4S2. The van der Waals surface area contributed by atoms with E-state index in [-0.39, 0.29) is 11.5 Å². The van der Waals surface area contributed by atoms with Crippen molar-refractivity contribution in [2.45, 2.75) is 25.5 Å². The first-order valence-corrected chi connectivity index (χ1v) is 12.2. The SMILES string of the molecule is CCS(=O)(=O)N1CCCc2ccc(NS(=O)(=O)Cc3ccccc3Cl)cc21. The molecule has 1 aliphatic rings. The molecule has 27 heavy (non-hydrogen) atoms. The molecule has 0 amide bonds. The van der Waals surface area contributed by atoms with Gasteiger partial charge in [0.2, 0.25) is 20.0 Å². The lowest BCUT2D eigenvalue weighted by molar-refractivity contribution is 0.587. The number of anilines is 2. The maximum atomic E-state index is 12.5. The van der Waals surface area contributed by atoms with Crippen LogP contribution in [0.15, 0.2) is 42.5 Å². The highest BCUT2D eigenvalue weighted by Gasteiger charge is 2.26. The molecule has 1 N–H and O–H groups in total. The molecule has 0 aromatic heterocycles. The molecule has 0 unspecified atom stereocenters. The van der Waals surface area contributed by atoms with Gasteiger partial charge in [-0.05, 0) is 49.1 Å². The van der Waals surface area contributed by atoms with Crippen molar-refractivity contribution in [1.82, 2.24) is 0 Å². The molecule has 0 radical (unpaired) electrons. The largest absolute Gasteiger partial charge is 0.283 e. The third-order valence-electron chi connectivity index (χ3n) is 4.44. The van der Waals surface area contributed by atoms with Gasteiger partial charge < -0.3 is 0 Å². The molecule has 0 spiro atoms. The van der Waals surface area contributed by atoms with E-state index in [1.54, 1.807) is 49.4 Å². The minimum Gasteiger partial charge on any atom is -0.283 e. The molecule has 0 saturated heterocycles. The number of fused-ring (bicyclic) bond motifs is 1. The van der Waals surface area contributed by atoms with Crippen LogP contribution in [-0.4, -0.2) is 29.1 Å². The van der Waals surface area contributed by atoms with Gasteiger partial charge in [-0.25, -0.2) is 16.8 Å². The Morgan fingerprint density at radius 3 is 2.56 bits per heavy atom. The maximum absolute atomic E-state index is 12.5. The minimum atomic E-state index is -3.70. The smallest absolute Gasteiger partial charge is 0.236 e. The highest BCUT2D eigenvalue weighted by molar-refractivity contribution is 7.92. The summed E-state index contributed by atoms with van der Waals surface area (Å²) in [6.07, 6.45) is 1.50. The van der Waals surface area contributed by atoms with Crippen LogP contribution >= 0.6 is 11.6 Å². The van der Waals surface area contributed by atoms with E-state index < -0.39 is 20.0 Å². The molecule has 9 heteroatoms. The topological polar surface area (TPSA) is 83.6 Å². The Balaban J connectivity index is 1.88. The molecular weight excluding hydrogens is 408 g/mol. The van der Waals surface area contributed by atoms with Crippen LogP contribution in [0.5, 0.6) is 0 Å². The Morgan fingerprint density at radius 2 is 1.85 bits per heavy atom. The van der Waals surface area contributed by atoms with E-state index in [4.69, 9.17) is 11.6 Å². The van der Waals surface area contributed by atoms with Gasteiger partial charge in [-0.2, -0.15) is 0 Å². The zero-order valence-electron chi connectivity index (χ0n) is 14.9. The Hall–Kier alpha value is -1.77. The molecule has 0 bridgehead atoms. The number of rotatable bonds is 6. The van der Waals surface area contributed by atoms with Crippen molar-refractivity contribution < 1.29 is 16.8 Å². The first-order valence-electron chi connectivity index (χ1n) is 8.59. The van der Waals surface area contributed by atoms with Crippen LogP contribution in [0.1, 0.15) is 24.5 Å². The fraction of sp³-hybridized carbons (Fsp3) is 0.333. The highest BCUT2D eigenvalue weighted by Crippen LogP contribution is 2.32. The molecule has 1 heterocycles. The van der Waals surface area contributed by atoms with Crippen molar-refractivity contribution >= 4 is 43.0 Å². The van der Waals surface area contributed by atoms with E-state index in [0.717, 1.165) is 18.4 Å². The average molecular weight is 429 g/mol. The monoisotopic (exact) mass is 428 g/mol. The predicted molar refractivity (Wildman–Crippen MR) is 109 cm³/mol. The summed E-state index contributed by atoms with van der Waals surface area (Å²) in [7, 11) is -7.11. The molecule has 0 fully saturated rings. The van der Waals surface area contributed by atoms with Gasteiger partial charge in [0.15, 0.2) is 0 Å². The van der Waals surface area contributed by atoms with Gasteiger partial charge >= 0.3 is 0 Å². The van der Waals surface area contributed by atoms with Crippen molar-refractivity contribution in [2.24, 2.45) is 0 Å². The summed E-state index contributed by atoms with van der Waals surface area (Å²) < 4.78 is 53.7. The van der Waals surface area contributed by atoms with Gasteiger partial charge in [0.05, 0.1) is 22.9 Å². The van der Waals surface area contributed by atoms with Crippen LogP contribution in [0.3, 0.4) is 0 Å². The lowest BCUT2D eigenvalue weighted by Gasteiger charge is -2.30. The number of hydrogen-bond donors (Lipinski definition) is 1. The van der Waals surface area contributed by atoms with Crippen LogP contribution < -0.4 is 9.03 Å². The summed E-state index contributed by atoms with van der Waals surface area (Å²) in [4.78, 5) is 0. The predicted octanol–water partition coefficient (Wildman–Crippen LogP) is 3.38. The van der Waals surface area contributed by atoms with Crippen molar-refractivity contribution in [2.75, 3.05) is 21.3 Å². The standard InChI is InChI=1S/C18H21ClN2O4S2/c1-2-27(24,25)21-11-5-7-14-9-10-16(12-18(14)21)20-26(22,23)13-15-6-3-4-8-17(15)19/h3-4,6,8-10,12,20H,2,5,7,11,13H2,1H3. The summed E-state index contributed by atoms with van der Waals surface area (Å²) >= 11 is 6.05. The number of sulfonamides is 2. The fourth-order valence-electron chi connectivity index (χ4n) is 3.09. The zero-order valence-corrected chi connectivity index (χ0v) is 17.2. The quantitative estimate of drug-likeness (QED) is 0.764. The maximum Gasteiger partial charge on any atom is 0.236 e. The van der Waals surface area contributed by atoms with Gasteiger partial charge in [0.1, 0.15) is 0 Å². The molecule has 0 aliphatic carbocycles. The Bertz CT molecular complexity index is 1050. The zero-order chi connectivity index (χ0) is 19.7. The van der Waals surface area contributed by atoms with E-state index >= 15 is 0 Å².